The Labute approximate surface area is 146 Å². The summed E-state index contributed by atoms with van der Waals surface area (Å²) in [7, 11) is 0. The Balaban J connectivity index is 2.18. The second kappa shape index (κ2) is 7.92. The highest BCUT2D eigenvalue weighted by Crippen LogP contribution is 2.28. The van der Waals surface area contributed by atoms with Crippen molar-refractivity contribution in [1.82, 2.24) is 5.32 Å². The normalized spacial score (nSPS) is 14.4. The molecule has 0 radical (unpaired) electrons. The van der Waals surface area contributed by atoms with Crippen LogP contribution in [0.3, 0.4) is 0 Å². The summed E-state index contributed by atoms with van der Waals surface area (Å²) in [5, 5.41) is 12.5. The number of halogens is 1. The second-order valence-electron chi connectivity index (χ2n) is 6.10. The zero-order chi connectivity index (χ0) is 18.4. The minimum Gasteiger partial charge on any atom is -0.481 e. The van der Waals surface area contributed by atoms with E-state index in [9.17, 15) is 19.1 Å². The highest BCUT2D eigenvalue weighted by molar-refractivity contribution is 5.86. The van der Waals surface area contributed by atoms with Crippen LogP contribution in [-0.4, -0.2) is 23.5 Å². The molecule has 132 valence electrons. The van der Waals surface area contributed by atoms with Crippen molar-refractivity contribution in [3.05, 3.63) is 71.5 Å². The first-order valence-electron chi connectivity index (χ1n) is 8.23. The first kappa shape index (κ1) is 18.6. The van der Waals surface area contributed by atoms with Crippen LogP contribution < -0.4 is 5.32 Å². The van der Waals surface area contributed by atoms with Crippen LogP contribution in [0.1, 0.15) is 37.3 Å². The topological polar surface area (TPSA) is 66.4 Å². The number of hydrogen-bond donors (Lipinski definition) is 2. The average Bonchev–Trinajstić information content (AvgIpc) is 2.62. The Hall–Kier alpha value is -2.69. The molecule has 2 N–H and O–H groups in total. The van der Waals surface area contributed by atoms with E-state index in [0.717, 1.165) is 0 Å². The predicted octanol–water partition coefficient (Wildman–Crippen LogP) is 3.48. The van der Waals surface area contributed by atoms with Crippen LogP contribution in [-0.2, 0) is 15.0 Å². The standard InChI is InChI=1S/C20H22FNO3/c1-3-20(19(24)25,16-9-5-4-6-10-16)13-22-18(23)14(2)15-8-7-11-17(21)12-15/h4-12,14H,3,13H2,1-2H3,(H,22,23)(H,24,25). The molecule has 0 aliphatic heterocycles. The van der Waals surface area contributed by atoms with Crippen LogP contribution in [0.15, 0.2) is 54.6 Å². The number of aliphatic carboxylic acids is 1. The molecule has 0 saturated heterocycles. The minimum atomic E-state index is -1.20. The first-order chi connectivity index (χ1) is 11.9. The van der Waals surface area contributed by atoms with Gasteiger partial charge in [0.15, 0.2) is 0 Å². The number of nitrogens with one attached hydrogen (secondary N) is 1. The summed E-state index contributed by atoms with van der Waals surface area (Å²) in [6, 6.07) is 14.7. The molecule has 0 aliphatic rings. The van der Waals surface area contributed by atoms with Crippen molar-refractivity contribution in [3.63, 3.8) is 0 Å². The molecule has 1 amide bonds. The maximum absolute atomic E-state index is 13.3. The Morgan fingerprint density at radius 2 is 1.84 bits per heavy atom. The molecule has 0 saturated carbocycles. The van der Waals surface area contributed by atoms with E-state index >= 15 is 0 Å². The van der Waals surface area contributed by atoms with Crippen molar-refractivity contribution in [2.45, 2.75) is 31.6 Å². The molecule has 0 aliphatic carbocycles. The van der Waals surface area contributed by atoms with Crippen LogP contribution in [0.5, 0.6) is 0 Å². The quantitative estimate of drug-likeness (QED) is 0.809. The van der Waals surface area contributed by atoms with E-state index < -0.39 is 23.1 Å². The third-order valence-electron chi connectivity index (χ3n) is 4.65. The van der Waals surface area contributed by atoms with Crippen LogP contribution in [0.4, 0.5) is 4.39 Å². The molecule has 5 heteroatoms. The average molecular weight is 343 g/mol. The molecule has 25 heavy (non-hydrogen) atoms. The first-order valence-corrected chi connectivity index (χ1v) is 8.23. The number of rotatable bonds is 7. The van der Waals surface area contributed by atoms with Crippen molar-refractivity contribution in [2.75, 3.05) is 6.54 Å². The number of carbonyl (C=O) groups is 2. The van der Waals surface area contributed by atoms with Gasteiger partial charge in [0.25, 0.3) is 0 Å². The monoisotopic (exact) mass is 343 g/mol. The van der Waals surface area contributed by atoms with Gasteiger partial charge in [0, 0.05) is 6.54 Å². The van der Waals surface area contributed by atoms with Crippen LogP contribution in [0.25, 0.3) is 0 Å². The van der Waals surface area contributed by atoms with Gasteiger partial charge >= 0.3 is 5.97 Å². The minimum absolute atomic E-state index is 0.0265. The molecular formula is C20H22FNO3. The van der Waals surface area contributed by atoms with E-state index in [1.165, 1.54) is 12.1 Å². The summed E-state index contributed by atoms with van der Waals surface area (Å²) in [4.78, 5) is 24.4. The SMILES string of the molecule is CCC(CNC(=O)C(C)c1cccc(F)c1)(C(=O)O)c1ccccc1. The van der Waals surface area contributed by atoms with Crippen molar-refractivity contribution in [3.8, 4) is 0 Å². The van der Waals surface area contributed by atoms with Gasteiger partial charge in [-0.1, -0.05) is 49.4 Å². The molecule has 0 bridgehead atoms. The van der Waals surface area contributed by atoms with E-state index in [4.69, 9.17) is 0 Å². The molecule has 0 spiro atoms. The molecule has 0 aromatic heterocycles. The Morgan fingerprint density at radius 1 is 1.16 bits per heavy atom. The molecule has 2 aromatic rings. The molecule has 0 heterocycles. The lowest BCUT2D eigenvalue weighted by molar-refractivity contribution is -0.144. The van der Waals surface area contributed by atoms with Crippen molar-refractivity contribution in [2.24, 2.45) is 0 Å². The lowest BCUT2D eigenvalue weighted by atomic mass is 9.78. The van der Waals surface area contributed by atoms with Crippen LogP contribution in [0.2, 0.25) is 0 Å². The van der Waals surface area contributed by atoms with Crippen molar-refractivity contribution >= 4 is 11.9 Å². The fourth-order valence-corrected chi connectivity index (χ4v) is 2.86. The van der Waals surface area contributed by atoms with E-state index in [-0.39, 0.29) is 12.5 Å². The number of carboxylic acids is 1. The molecule has 0 fully saturated rings. The van der Waals surface area contributed by atoms with Crippen molar-refractivity contribution < 1.29 is 19.1 Å². The number of carbonyl (C=O) groups excluding carboxylic acids is 1. The highest BCUT2D eigenvalue weighted by atomic mass is 19.1. The Bertz CT molecular complexity index is 748. The number of carboxylic acid groups (broad SMARTS) is 1. The zero-order valence-electron chi connectivity index (χ0n) is 14.3. The number of amides is 1. The lowest BCUT2D eigenvalue weighted by Crippen LogP contribution is -2.47. The third-order valence-corrected chi connectivity index (χ3v) is 4.65. The van der Waals surface area contributed by atoms with E-state index in [0.29, 0.717) is 17.5 Å². The van der Waals surface area contributed by atoms with Gasteiger partial charge in [-0.25, -0.2) is 4.39 Å². The maximum atomic E-state index is 13.3. The molecule has 2 rings (SSSR count). The van der Waals surface area contributed by atoms with Crippen molar-refractivity contribution in [1.29, 1.82) is 0 Å². The third kappa shape index (κ3) is 4.05. The Morgan fingerprint density at radius 3 is 2.40 bits per heavy atom. The lowest BCUT2D eigenvalue weighted by Gasteiger charge is -2.29. The predicted molar refractivity (Wildman–Crippen MR) is 93.9 cm³/mol. The van der Waals surface area contributed by atoms with E-state index in [2.05, 4.69) is 5.32 Å². The fraction of sp³-hybridized carbons (Fsp3) is 0.300. The number of hydrogen-bond acceptors (Lipinski definition) is 2. The van der Waals surface area contributed by atoms with Gasteiger partial charge in [0.2, 0.25) is 5.91 Å². The van der Waals surface area contributed by atoms with Crippen LogP contribution in [0, 0.1) is 5.82 Å². The van der Waals surface area contributed by atoms with Gasteiger partial charge in [-0.3, -0.25) is 9.59 Å². The zero-order valence-corrected chi connectivity index (χ0v) is 14.3. The number of benzene rings is 2. The summed E-state index contributed by atoms with van der Waals surface area (Å²) in [5.74, 6) is -2.30. The van der Waals surface area contributed by atoms with Gasteiger partial charge in [0.1, 0.15) is 11.2 Å². The van der Waals surface area contributed by atoms with Crippen LogP contribution >= 0.6 is 0 Å². The van der Waals surface area contributed by atoms with E-state index in [1.807, 2.05) is 6.07 Å². The fourth-order valence-electron chi connectivity index (χ4n) is 2.86. The van der Waals surface area contributed by atoms with Gasteiger partial charge < -0.3 is 10.4 Å². The Kier molecular flexibility index (Phi) is 5.91. The summed E-state index contributed by atoms with van der Waals surface area (Å²) < 4.78 is 13.3. The molecule has 2 atom stereocenters. The molecule has 2 aromatic carbocycles. The van der Waals surface area contributed by atoms with E-state index in [1.54, 1.807) is 50.2 Å². The van der Waals surface area contributed by atoms with Gasteiger partial charge in [-0.2, -0.15) is 0 Å². The van der Waals surface area contributed by atoms with Gasteiger partial charge in [-0.15, -0.1) is 0 Å². The molecule has 4 nitrogen and oxygen atoms in total. The molecule has 2 unspecified atom stereocenters. The summed E-state index contributed by atoms with van der Waals surface area (Å²) in [6.07, 6.45) is 0.334. The molecular weight excluding hydrogens is 321 g/mol. The summed E-state index contributed by atoms with van der Waals surface area (Å²) in [6.45, 7) is 3.42. The summed E-state index contributed by atoms with van der Waals surface area (Å²) in [5.41, 5.74) is -0.00294. The maximum Gasteiger partial charge on any atom is 0.315 e. The van der Waals surface area contributed by atoms with Gasteiger partial charge in [0.05, 0.1) is 5.92 Å². The smallest absolute Gasteiger partial charge is 0.315 e. The van der Waals surface area contributed by atoms with Gasteiger partial charge in [-0.05, 0) is 36.6 Å². The highest BCUT2D eigenvalue weighted by Gasteiger charge is 2.39. The summed E-state index contributed by atoms with van der Waals surface area (Å²) >= 11 is 0. The largest absolute Gasteiger partial charge is 0.481 e. The second-order valence-corrected chi connectivity index (χ2v) is 6.10.